The number of hydrogen-bond acceptors (Lipinski definition) is 9. The molecule has 0 unspecified atom stereocenters. The molecule has 0 radical (unpaired) electrons. The summed E-state index contributed by atoms with van der Waals surface area (Å²) in [5.74, 6) is 0.316. The molecule has 3 heterocycles. The minimum Gasteiger partial charge on any atom is -0.517 e. The molecule has 0 spiro atoms. The summed E-state index contributed by atoms with van der Waals surface area (Å²) in [7, 11) is -1.00. The highest BCUT2D eigenvalue weighted by atomic mass is 32.1. The first-order valence-corrected chi connectivity index (χ1v) is 18.4. The number of thiophene rings is 1. The molecule has 0 amide bonds. The molecule has 0 aliphatic heterocycles. The second-order valence-electron chi connectivity index (χ2n) is 13.2. The highest BCUT2D eigenvalue weighted by molar-refractivity contribution is 7.22. The average molecular weight is 642 g/mol. The van der Waals surface area contributed by atoms with Gasteiger partial charge >= 0.3 is 11.7 Å². The van der Waals surface area contributed by atoms with Gasteiger partial charge in [0, 0.05) is 5.56 Å². The van der Waals surface area contributed by atoms with Crippen LogP contribution in [0.5, 0.6) is 5.75 Å². The molecule has 10 nitrogen and oxygen atoms in total. The molecule has 1 atom stereocenters. The Kier molecular flexibility index (Phi) is 9.21. The number of nitrogens with zero attached hydrogens (tertiary/aromatic N) is 3. The molecule has 0 N–H and O–H groups in total. The molecule has 4 rings (SSSR count). The average Bonchev–Trinajstić information content (AvgIpc) is 3.57. The number of ether oxygens (including phenoxy) is 2. The highest BCUT2D eigenvalue weighted by Crippen LogP contribution is 2.39. The Morgan fingerprint density at radius 1 is 1.11 bits per heavy atom. The van der Waals surface area contributed by atoms with Crippen LogP contribution in [0, 0.1) is 6.92 Å². The summed E-state index contributed by atoms with van der Waals surface area (Å²) < 4.78 is 26.3. The maximum atomic E-state index is 14.5. The Hall–Kier alpha value is -3.48. The lowest BCUT2D eigenvalue weighted by Gasteiger charge is -2.38. The normalized spacial score (nSPS) is 13.5. The van der Waals surface area contributed by atoms with E-state index in [1.54, 1.807) is 27.9 Å². The Bertz CT molecular complexity index is 1780. The quantitative estimate of drug-likeness (QED) is 0.177. The number of benzene rings is 1. The van der Waals surface area contributed by atoms with Gasteiger partial charge in [0.1, 0.15) is 28.5 Å². The van der Waals surface area contributed by atoms with Gasteiger partial charge in [-0.15, -0.1) is 11.3 Å². The summed E-state index contributed by atoms with van der Waals surface area (Å²) in [4.78, 5) is 48.1. The molecular formula is C32H43N3O7SSi. The molecule has 44 heavy (non-hydrogen) atoms. The molecule has 238 valence electrons. The van der Waals surface area contributed by atoms with Gasteiger partial charge < -0.3 is 18.3 Å². The van der Waals surface area contributed by atoms with Gasteiger partial charge in [-0.25, -0.2) is 14.3 Å². The Balaban J connectivity index is 2.02. The number of aromatic nitrogens is 3. The van der Waals surface area contributed by atoms with Crippen molar-refractivity contribution >= 4 is 35.8 Å². The summed E-state index contributed by atoms with van der Waals surface area (Å²) in [6.45, 7) is 18.8. The van der Waals surface area contributed by atoms with Crippen molar-refractivity contribution < 1.29 is 23.1 Å². The minimum atomic E-state index is -2.58. The molecular weight excluding hydrogens is 599 g/mol. The maximum absolute atomic E-state index is 14.5. The van der Waals surface area contributed by atoms with Crippen molar-refractivity contribution in [2.24, 2.45) is 0 Å². The van der Waals surface area contributed by atoms with Crippen LogP contribution >= 0.6 is 11.3 Å². The number of aryl methyl sites for hydroxylation is 1. The van der Waals surface area contributed by atoms with Gasteiger partial charge in [-0.1, -0.05) is 39.0 Å². The lowest BCUT2D eigenvalue weighted by Crippen LogP contribution is -2.56. The standard InChI is InChI=1S/C32H43N3O7SSi/c1-19(2)41-23(21-14-12-13-15-22(21)39-9)18-34-28-24(20(3)25(43-28)26-33-16-17-40-26)27(36)35(30(34)38)32(7,8)29(37)42-44(10,11)31(4,5)6/h12-17,19,23H,18H2,1-11H3/t23-/m0/s1. The highest BCUT2D eigenvalue weighted by Gasteiger charge is 2.45. The molecule has 0 aliphatic carbocycles. The van der Waals surface area contributed by atoms with Crippen LogP contribution < -0.4 is 16.0 Å². The molecule has 12 heteroatoms. The Morgan fingerprint density at radius 2 is 1.77 bits per heavy atom. The number of oxazole rings is 1. The van der Waals surface area contributed by atoms with E-state index >= 15 is 0 Å². The fourth-order valence-corrected chi connectivity index (χ4v) is 7.04. The Morgan fingerprint density at radius 3 is 2.34 bits per heavy atom. The van der Waals surface area contributed by atoms with E-state index in [0.29, 0.717) is 32.3 Å². The van der Waals surface area contributed by atoms with Crippen molar-refractivity contribution in [1.82, 2.24) is 14.1 Å². The van der Waals surface area contributed by atoms with Crippen LogP contribution in [0.2, 0.25) is 18.1 Å². The SMILES string of the molecule is COc1ccccc1[C@H](Cn1c(=O)n(C(C)(C)C(=O)O[Si](C)(C)C(C)(C)C)c(=O)c2c(C)c(-c3ncco3)sc21)OC(C)C. The number of hydrogen-bond donors (Lipinski definition) is 0. The van der Waals surface area contributed by atoms with E-state index in [1.807, 2.05) is 72.0 Å². The van der Waals surface area contributed by atoms with E-state index in [1.165, 1.54) is 28.4 Å². The van der Waals surface area contributed by atoms with Crippen LogP contribution in [-0.4, -0.2) is 41.6 Å². The van der Waals surface area contributed by atoms with Crippen LogP contribution in [0.3, 0.4) is 0 Å². The molecule has 0 saturated carbocycles. The predicted molar refractivity (Wildman–Crippen MR) is 175 cm³/mol. The first-order chi connectivity index (χ1) is 20.4. The third-order valence-corrected chi connectivity index (χ3v) is 13.9. The number of fused-ring (bicyclic) bond motifs is 1. The largest absolute Gasteiger partial charge is 0.517 e. The van der Waals surface area contributed by atoms with E-state index in [2.05, 4.69) is 4.98 Å². The van der Waals surface area contributed by atoms with Crippen LogP contribution in [0.15, 0.2) is 50.7 Å². The van der Waals surface area contributed by atoms with Crippen molar-refractivity contribution in [2.75, 3.05) is 7.11 Å². The van der Waals surface area contributed by atoms with Gasteiger partial charge in [-0.2, -0.15) is 0 Å². The second kappa shape index (κ2) is 12.1. The zero-order chi connectivity index (χ0) is 32.8. The summed E-state index contributed by atoms with van der Waals surface area (Å²) >= 11 is 1.24. The predicted octanol–water partition coefficient (Wildman–Crippen LogP) is 6.65. The van der Waals surface area contributed by atoms with Gasteiger partial charge in [-0.3, -0.25) is 14.2 Å². The topological polar surface area (TPSA) is 115 Å². The molecule has 0 aliphatic rings. The minimum absolute atomic E-state index is 0.0481. The summed E-state index contributed by atoms with van der Waals surface area (Å²) in [6, 6.07) is 7.47. The Labute approximate surface area is 262 Å². The van der Waals surface area contributed by atoms with Gasteiger partial charge in [0.25, 0.3) is 13.9 Å². The lowest BCUT2D eigenvalue weighted by molar-refractivity contribution is -0.144. The van der Waals surface area contributed by atoms with E-state index in [9.17, 15) is 14.4 Å². The van der Waals surface area contributed by atoms with Crippen LogP contribution in [-0.2, 0) is 26.0 Å². The van der Waals surface area contributed by atoms with E-state index in [4.69, 9.17) is 18.3 Å². The zero-order valence-electron chi connectivity index (χ0n) is 27.4. The molecule has 0 saturated heterocycles. The monoisotopic (exact) mass is 641 g/mol. The van der Waals surface area contributed by atoms with Gasteiger partial charge in [0.2, 0.25) is 5.89 Å². The molecule has 1 aromatic carbocycles. The number of carbonyl (C=O) groups is 1. The third kappa shape index (κ3) is 6.07. The smallest absolute Gasteiger partial charge is 0.333 e. The van der Waals surface area contributed by atoms with Gasteiger partial charge in [0.05, 0.1) is 36.2 Å². The summed E-state index contributed by atoms with van der Waals surface area (Å²) in [5.41, 5.74) is -1.49. The maximum Gasteiger partial charge on any atom is 0.333 e. The number of carbonyl (C=O) groups excluding carboxylic acids is 1. The number of methoxy groups -OCH3 is 1. The van der Waals surface area contributed by atoms with Crippen molar-refractivity contribution in [3.05, 3.63) is 68.7 Å². The fourth-order valence-electron chi connectivity index (χ4n) is 4.78. The second-order valence-corrected chi connectivity index (χ2v) is 19.0. The summed E-state index contributed by atoms with van der Waals surface area (Å²) in [5, 5.41) is 0.0399. The molecule has 0 bridgehead atoms. The van der Waals surface area contributed by atoms with Crippen molar-refractivity contribution in [2.45, 2.75) is 97.8 Å². The van der Waals surface area contributed by atoms with Crippen molar-refractivity contribution in [1.29, 1.82) is 0 Å². The van der Waals surface area contributed by atoms with E-state index in [-0.39, 0.29) is 17.7 Å². The first kappa shape index (κ1) is 33.4. The molecule has 4 aromatic rings. The first-order valence-electron chi connectivity index (χ1n) is 14.6. The van der Waals surface area contributed by atoms with Crippen molar-refractivity contribution in [3.63, 3.8) is 0 Å². The van der Waals surface area contributed by atoms with Gasteiger partial charge in [-0.05, 0) is 64.4 Å². The molecule has 3 aromatic heterocycles. The van der Waals surface area contributed by atoms with Crippen LogP contribution in [0.4, 0.5) is 0 Å². The number of rotatable bonds is 10. The van der Waals surface area contributed by atoms with E-state index < -0.39 is 37.2 Å². The third-order valence-electron chi connectivity index (χ3n) is 8.32. The number of para-hydroxylation sites is 1. The summed E-state index contributed by atoms with van der Waals surface area (Å²) in [6.07, 6.45) is 2.18. The van der Waals surface area contributed by atoms with Crippen molar-refractivity contribution in [3.8, 4) is 16.5 Å². The van der Waals surface area contributed by atoms with Crippen LogP contribution in [0.25, 0.3) is 21.0 Å². The lowest BCUT2D eigenvalue weighted by atomic mass is 10.0. The zero-order valence-corrected chi connectivity index (χ0v) is 29.3. The van der Waals surface area contributed by atoms with E-state index in [0.717, 1.165) is 10.1 Å². The van der Waals surface area contributed by atoms with Gasteiger partial charge in [0.15, 0.2) is 0 Å². The fraction of sp³-hybridized carbons (Fsp3) is 0.500. The molecule has 0 fully saturated rings. The van der Waals surface area contributed by atoms with Crippen LogP contribution in [0.1, 0.15) is 65.7 Å².